The van der Waals surface area contributed by atoms with Crippen LogP contribution in [0.15, 0.2) is 45.7 Å². The fourth-order valence-corrected chi connectivity index (χ4v) is 2.92. The van der Waals surface area contributed by atoms with Gasteiger partial charge in [0.05, 0.1) is 10.6 Å². The van der Waals surface area contributed by atoms with Gasteiger partial charge in [0.25, 0.3) is 0 Å². The maximum atomic E-state index is 13.8. The molecule has 20 heavy (non-hydrogen) atoms. The van der Waals surface area contributed by atoms with Gasteiger partial charge in [-0.25, -0.2) is 4.39 Å². The van der Waals surface area contributed by atoms with Crippen LogP contribution in [0.4, 0.5) is 10.1 Å². The zero-order chi connectivity index (χ0) is 14.1. The van der Waals surface area contributed by atoms with Gasteiger partial charge in [-0.2, -0.15) is 4.40 Å². The molecule has 0 radical (unpaired) electrons. The van der Waals surface area contributed by atoms with E-state index in [9.17, 15) is 4.39 Å². The van der Waals surface area contributed by atoms with Crippen LogP contribution in [0.2, 0.25) is 0 Å². The van der Waals surface area contributed by atoms with Crippen LogP contribution in [-0.2, 0) is 0 Å². The molecular weight excluding hydrogens is 273 g/mol. The van der Waals surface area contributed by atoms with Crippen molar-refractivity contribution in [3.63, 3.8) is 0 Å². The van der Waals surface area contributed by atoms with Gasteiger partial charge in [0.2, 0.25) is 5.96 Å². The molecule has 0 aromatic heterocycles. The Morgan fingerprint density at radius 1 is 1.15 bits per heavy atom. The Bertz CT molecular complexity index is 698. The molecule has 0 fully saturated rings. The summed E-state index contributed by atoms with van der Waals surface area (Å²) in [6.45, 7) is 1.80. The van der Waals surface area contributed by atoms with Crippen molar-refractivity contribution in [3.8, 4) is 11.1 Å². The molecular formula is C15H14FN3S. The molecule has 1 aliphatic rings. The number of fused-ring (bicyclic) bond motifs is 1. The van der Waals surface area contributed by atoms with Crippen LogP contribution in [0.25, 0.3) is 11.1 Å². The number of benzene rings is 2. The number of hydrogen-bond acceptors (Lipinski definition) is 4. The van der Waals surface area contributed by atoms with E-state index in [0.29, 0.717) is 11.5 Å². The molecule has 0 bridgehead atoms. The maximum Gasteiger partial charge on any atom is 0.207 e. The van der Waals surface area contributed by atoms with Crippen molar-refractivity contribution in [1.29, 1.82) is 0 Å². The van der Waals surface area contributed by atoms with E-state index >= 15 is 0 Å². The minimum atomic E-state index is -0.189. The molecule has 102 valence electrons. The molecule has 0 atom stereocenters. The van der Waals surface area contributed by atoms with Crippen molar-refractivity contribution in [2.24, 2.45) is 4.40 Å². The summed E-state index contributed by atoms with van der Waals surface area (Å²) in [5.41, 5.74) is 3.49. The molecule has 0 spiro atoms. The highest BCUT2D eigenvalue weighted by Crippen LogP contribution is 2.40. The number of rotatable bonds is 1. The van der Waals surface area contributed by atoms with Crippen LogP contribution < -0.4 is 10.6 Å². The van der Waals surface area contributed by atoms with Crippen molar-refractivity contribution in [2.75, 3.05) is 12.4 Å². The lowest BCUT2D eigenvalue weighted by atomic mass is 9.98. The van der Waals surface area contributed by atoms with Gasteiger partial charge < -0.3 is 10.6 Å². The molecule has 3 rings (SSSR count). The first-order valence-corrected chi connectivity index (χ1v) is 7.06. The van der Waals surface area contributed by atoms with Crippen molar-refractivity contribution < 1.29 is 4.39 Å². The van der Waals surface area contributed by atoms with Gasteiger partial charge in [-0.05, 0) is 30.2 Å². The largest absolute Gasteiger partial charge is 0.358 e. The average molecular weight is 287 g/mol. The van der Waals surface area contributed by atoms with Gasteiger partial charge >= 0.3 is 0 Å². The van der Waals surface area contributed by atoms with E-state index < -0.39 is 0 Å². The predicted octanol–water partition coefficient (Wildman–Crippen LogP) is 3.81. The topological polar surface area (TPSA) is 36.4 Å². The first-order chi connectivity index (χ1) is 9.70. The zero-order valence-corrected chi connectivity index (χ0v) is 12.0. The van der Waals surface area contributed by atoms with Gasteiger partial charge in [-0.1, -0.05) is 24.3 Å². The molecule has 2 N–H and O–H groups in total. The third-order valence-corrected chi connectivity index (χ3v) is 4.11. The van der Waals surface area contributed by atoms with Crippen LogP contribution in [0.3, 0.4) is 0 Å². The van der Waals surface area contributed by atoms with Gasteiger partial charge in [0, 0.05) is 24.6 Å². The first kappa shape index (κ1) is 13.0. The normalized spacial score (nSPS) is 13.2. The second-order valence-electron chi connectivity index (χ2n) is 4.50. The van der Waals surface area contributed by atoms with Crippen molar-refractivity contribution in [1.82, 2.24) is 5.32 Å². The Labute approximate surface area is 121 Å². The molecule has 0 aliphatic carbocycles. The van der Waals surface area contributed by atoms with Gasteiger partial charge in [-0.3, -0.25) is 0 Å². The number of hydrogen-bond donors (Lipinski definition) is 2. The van der Waals surface area contributed by atoms with Crippen LogP contribution >= 0.6 is 11.9 Å². The predicted molar refractivity (Wildman–Crippen MR) is 82.5 cm³/mol. The lowest BCUT2D eigenvalue weighted by Crippen LogP contribution is -2.28. The van der Waals surface area contributed by atoms with Crippen LogP contribution in [0.1, 0.15) is 5.56 Å². The molecule has 0 amide bonds. The fourth-order valence-electron chi connectivity index (χ4n) is 2.20. The maximum absolute atomic E-state index is 13.8. The number of nitrogens with zero attached hydrogens (tertiary/aromatic N) is 1. The fraction of sp³-hybridized carbons (Fsp3) is 0.133. The minimum Gasteiger partial charge on any atom is -0.358 e. The average Bonchev–Trinajstić information content (AvgIpc) is 2.49. The highest BCUT2D eigenvalue weighted by Gasteiger charge is 2.18. The molecule has 2 aromatic carbocycles. The zero-order valence-electron chi connectivity index (χ0n) is 11.2. The van der Waals surface area contributed by atoms with E-state index in [1.54, 1.807) is 13.0 Å². The van der Waals surface area contributed by atoms with Crippen LogP contribution in [0, 0.1) is 12.7 Å². The molecule has 1 heterocycles. The summed E-state index contributed by atoms with van der Waals surface area (Å²) in [4.78, 5) is 1.03. The van der Waals surface area contributed by atoms with Crippen molar-refractivity contribution in [2.45, 2.75) is 11.8 Å². The lowest BCUT2D eigenvalue weighted by molar-refractivity contribution is 0.619. The van der Waals surface area contributed by atoms with E-state index in [0.717, 1.165) is 21.7 Å². The molecule has 1 aliphatic heterocycles. The SMILES string of the molecule is CNC1=NSc2cccc(-c3cccc(F)c3C)c2N1. The summed E-state index contributed by atoms with van der Waals surface area (Å²) in [6.07, 6.45) is 0. The third kappa shape index (κ3) is 2.14. The lowest BCUT2D eigenvalue weighted by Gasteiger charge is -2.21. The summed E-state index contributed by atoms with van der Waals surface area (Å²) < 4.78 is 18.1. The number of para-hydroxylation sites is 1. The Balaban J connectivity index is 2.15. The summed E-state index contributed by atoms with van der Waals surface area (Å²) in [5, 5.41) is 6.25. The monoisotopic (exact) mass is 287 g/mol. The third-order valence-electron chi connectivity index (χ3n) is 3.30. The van der Waals surface area contributed by atoms with Gasteiger partial charge in [0.1, 0.15) is 5.82 Å². The number of halogens is 1. The van der Waals surface area contributed by atoms with Crippen molar-refractivity contribution in [3.05, 3.63) is 47.8 Å². The van der Waals surface area contributed by atoms with Gasteiger partial charge in [-0.15, -0.1) is 0 Å². The van der Waals surface area contributed by atoms with E-state index in [1.807, 2.05) is 31.3 Å². The number of guanidine groups is 1. The molecule has 2 aromatic rings. The number of nitrogens with one attached hydrogen (secondary N) is 2. The standard InChI is InChI=1S/C15H14FN3S/c1-9-10(5-3-7-12(9)16)11-6-4-8-13-14(11)18-15(17-2)19-20-13/h3-8H,1-2H3,(H2,17,18,19). The smallest absolute Gasteiger partial charge is 0.207 e. The molecule has 3 nitrogen and oxygen atoms in total. The van der Waals surface area contributed by atoms with Crippen LogP contribution in [0.5, 0.6) is 0 Å². The summed E-state index contributed by atoms with van der Waals surface area (Å²) in [7, 11) is 1.81. The highest BCUT2D eigenvalue weighted by molar-refractivity contribution is 7.98. The van der Waals surface area contributed by atoms with Gasteiger partial charge in [0.15, 0.2) is 0 Å². The second kappa shape index (κ2) is 5.17. The van der Waals surface area contributed by atoms with E-state index in [1.165, 1.54) is 18.0 Å². The molecule has 5 heteroatoms. The molecule has 0 saturated carbocycles. The van der Waals surface area contributed by atoms with Crippen LogP contribution in [-0.4, -0.2) is 13.0 Å². The Kier molecular flexibility index (Phi) is 3.36. The second-order valence-corrected chi connectivity index (χ2v) is 5.30. The Hall–Kier alpha value is -2.01. The first-order valence-electron chi connectivity index (χ1n) is 6.29. The molecule has 0 unspecified atom stereocenters. The molecule has 0 saturated heterocycles. The highest BCUT2D eigenvalue weighted by atomic mass is 32.2. The summed E-state index contributed by atoms with van der Waals surface area (Å²) in [5.74, 6) is 0.509. The van der Waals surface area contributed by atoms with E-state index in [-0.39, 0.29) is 5.82 Å². The summed E-state index contributed by atoms with van der Waals surface area (Å²) >= 11 is 1.41. The van der Waals surface area contributed by atoms with E-state index in [4.69, 9.17) is 0 Å². The van der Waals surface area contributed by atoms with E-state index in [2.05, 4.69) is 15.0 Å². The number of anilines is 1. The minimum absolute atomic E-state index is 0.189. The van der Waals surface area contributed by atoms with Crippen molar-refractivity contribution >= 4 is 23.6 Å². The summed E-state index contributed by atoms with van der Waals surface area (Å²) in [6, 6.07) is 11.1. The quantitative estimate of drug-likeness (QED) is 0.783. The Morgan fingerprint density at radius 3 is 2.70 bits per heavy atom. The Morgan fingerprint density at radius 2 is 1.90 bits per heavy atom.